The first-order valence-electron chi connectivity index (χ1n) is 27.8. The Morgan fingerprint density at radius 3 is 1.81 bits per heavy atom. The molecule has 5 aliphatic heterocycles. The third-order valence-electron chi connectivity index (χ3n) is 14.1. The fraction of sp³-hybridized carbons (Fsp3) is 0.132. The Kier molecular flexibility index (Phi) is 9.66. The number of benzene rings is 9. The summed E-state index contributed by atoms with van der Waals surface area (Å²) in [7, 11) is 0. The molecule has 0 unspecified atom stereocenters. The molecule has 0 N–H and O–H groups in total. The molecule has 7 heterocycles. The molecule has 74 heavy (non-hydrogen) atoms. The van der Waals surface area contributed by atoms with Crippen molar-refractivity contribution in [2.24, 2.45) is 5.92 Å². The number of fused-ring (bicyclic) bond motifs is 6. The van der Waals surface area contributed by atoms with Gasteiger partial charge in [-0.2, -0.15) is 0 Å². The van der Waals surface area contributed by atoms with E-state index in [0.717, 1.165) is 67.1 Å². The normalized spacial score (nSPS) is 14.1. The maximum Gasteiger partial charge on any atom is 0.137 e. The molecule has 0 atom stereocenters. The fourth-order valence-corrected chi connectivity index (χ4v) is 10.7. The van der Waals surface area contributed by atoms with Crippen LogP contribution in [0.5, 0.6) is 23.0 Å². The number of nitrogens with zero attached hydrogens (tertiary/aromatic N) is 4. The van der Waals surface area contributed by atoms with Crippen molar-refractivity contribution in [1.29, 1.82) is 0 Å². The second kappa shape index (κ2) is 18.0. The lowest BCUT2D eigenvalue weighted by Gasteiger charge is -2.28. The van der Waals surface area contributed by atoms with Crippen LogP contribution in [-0.4, -0.2) is 16.2 Å². The summed E-state index contributed by atoms with van der Waals surface area (Å²) in [6.45, 7) is 10.8. The van der Waals surface area contributed by atoms with Gasteiger partial charge in [-0.25, -0.2) is 4.98 Å². The van der Waals surface area contributed by atoms with Gasteiger partial charge in [0.1, 0.15) is 35.5 Å². The van der Waals surface area contributed by atoms with Crippen LogP contribution >= 0.6 is 0 Å². The highest BCUT2D eigenvalue weighted by molar-refractivity contribution is 6.11. The van der Waals surface area contributed by atoms with Crippen LogP contribution in [0.3, 0.4) is 0 Å². The predicted octanol–water partition coefficient (Wildman–Crippen LogP) is 18.5. The van der Waals surface area contributed by atoms with Crippen LogP contribution in [-0.2, 0) is 11.8 Å². The van der Waals surface area contributed by atoms with Crippen LogP contribution in [0.15, 0.2) is 218 Å². The molecule has 2 aromatic heterocycles. The second-order valence-corrected chi connectivity index (χ2v) is 20.5. The molecule has 16 rings (SSSR count). The Bertz CT molecular complexity index is 4190. The molecule has 5 aliphatic rings. The number of hydrogen-bond donors (Lipinski definition) is 0. The Morgan fingerprint density at radius 2 is 1.14 bits per heavy atom. The van der Waals surface area contributed by atoms with Gasteiger partial charge in [-0.15, -0.1) is 0 Å². The van der Waals surface area contributed by atoms with Gasteiger partial charge in [0, 0.05) is 54.2 Å². The average Bonchev–Trinajstić information content (AvgIpc) is 3.90. The summed E-state index contributed by atoms with van der Waals surface area (Å²) in [6.07, 6.45) is 0.249. The molecular weight excluding hydrogens is 905 g/mol. The minimum Gasteiger partial charge on any atom is -0.457 e. The molecule has 6 heteroatoms. The van der Waals surface area contributed by atoms with E-state index >= 15 is 0 Å². The monoisotopic (exact) mass is 965 g/mol. The summed E-state index contributed by atoms with van der Waals surface area (Å²) in [5.41, 5.74) is 12.9. The van der Waals surface area contributed by atoms with E-state index in [1.165, 1.54) is 0 Å². The SMILES string of the molecule is [2H]c1c(-c2ccccc2)c([2H])c2c3ccc4cc3n(c2c1[2H])-c1cc(C(C)(C)C)c(cn1)-c1ccc(cc1)Oc1ccc(cc1)-c1cc(C([2H])([2H])C(C)C)cc(-c2ccccc2)c1N1CN(c2cccc(c2)O4)c2ccccc21. The Hall–Kier alpha value is -8.87. The highest BCUT2D eigenvalue weighted by Gasteiger charge is 2.32. The van der Waals surface area contributed by atoms with E-state index in [9.17, 15) is 6.85 Å². The van der Waals surface area contributed by atoms with Crippen LogP contribution in [0.1, 0.15) is 52.6 Å². The van der Waals surface area contributed by atoms with E-state index in [1.54, 1.807) is 0 Å². The Morgan fingerprint density at radius 1 is 0.541 bits per heavy atom. The molecule has 0 saturated carbocycles. The molecule has 6 nitrogen and oxygen atoms in total. The number of hydrogen-bond acceptors (Lipinski definition) is 5. The topological polar surface area (TPSA) is 42.8 Å². The van der Waals surface area contributed by atoms with Crippen molar-refractivity contribution in [1.82, 2.24) is 9.55 Å². The van der Waals surface area contributed by atoms with Gasteiger partial charge >= 0.3 is 0 Å². The first kappa shape index (κ1) is 39.7. The highest BCUT2D eigenvalue weighted by atomic mass is 16.5. The summed E-state index contributed by atoms with van der Waals surface area (Å²) in [6, 6.07) is 64.5. The van der Waals surface area contributed by atoms with E-state index in [2.05, 4.69) is 91.2 Å². The van der Waals surface area contributed by atoms with Gasteiger partial charge in [0.2, 0.25) is 0 Å². The number of ether oxygens (including phenoxy) is 2. The standard InChI is InChI=1S/C68H56N4O2/c1-44(2)35-45-36-57(47-17-10-7-11-18-47)67-58(37-45)48-23-28-52(29-24-48)73-53-30-25-49(26-31-53)60-42-69-66(41-61(60)68(3,4)5)72-62-34-27-50(46-15-8-6-9-16-46)38-59(62)56-33-32-55(40-65(56)72)74-54-20-14-19-51(39-54)70-43-71(67)64-22-13-12-21-63(64)70/h6-34,36-42,44H,35,43H2,1-5H3/i27D,34D,35D2,38D. The molecule has 0 amide bonds. The van der Waals surface area contributed by atoms with Crippen LogP contribution < -0.4 is 19.3 Å². The summed E-state index contributed by atoms with van der Waals surface area (Å²) in [5.74, 6) is 2.74. The van der Waals surface area contributed by atoms with Gasteiger partial charge < -0.3 is 19.3 Å². The van der Waals surface area contributed by atoms with Crippen molar-refractivity contribution in [3.63, 3.8) is 0 Å². The number of para-hydroxylation sites is 2. The molecule has 11 aromatic rings. The molecule has 0 fully saturated rings. The van der Waals surface area contributed by atoms with Gasteiger partial charge in [0.15, 0.2) is 0 Å². The van der Waals surface area contributed by atoms with Gasteiger partial charge in [-0.1, -0.05) is 144 Å². The maximum absolute atomic E-state index is 9.81. The summed E-state index contributed by atoms with van der Waals surface area (Å²) < 4.78 is 63.3. The third-order valence-corrected chi connectivity index (χ3v) is 14.1. The van der Waals surface area contributed by atoms with Crippen LogP contribution in [0.2, 0.25) is 0 Å². The number of anilines is 4. The summed E-state index contributed by atoms with van der Waals surface area (Å²) >= 11 is 0. The van der Waals surface area contributed by atoms with Gasteiger partial charge in [0.05, 0.1) is 32.2 Å². The minimum atomic E-state index is -1.64. The van der Waals surface area contributed by atoms with E-state index in [4.69, 9.17) is 14.5 Å². The van der Waals surface area contributed by atoms with E-state index in [1.807, 2.05) is 158 Å². The lowest BCUT2D eigenvalue weighted by molar-refractivity contribution is 0.482. The molecule has 0 radical (unpaired) electrons. The molecular formula is C68H56N4O2. The smallest absolute Gasteiger partial charge is 0.137 e. The van der Waals surface area contributed by atoms with Gasteiger partial charge in [0.25, 0.3) is 0 Å². The first-order valence-corrected chi connectivity index (χ1v) is 25.3. The molecule has 0 saturated heterocycles. The molecule has 12 bridgehead atoms. The lowest BCUT2D eigenvalue weighted by atomic mass is 9.82. The quantitative estimate of drug-likeness (QED) is 0.176. The van der Waals surface area contributed by atoms with Gasteiger partial charge in [-0.3, -0.25) is 4.57 Å². The van der Waals surface area contributed by atoms with Crippen molar-refractivity contribution in [2.45, 2.75) is 46.4 Å². The predicted molar refractivity (Wildman–Crippen MR) is 306 cm³/mol. The highest BCUT2D eigenvalue weighted by Crippen LogP contribution is 2.51. The zero-order valence-electron chi connectivity index (χ0n) is 46.9. The number of pyridine rings is 1. The summed E-state index contributed by atoms with van der Waals surface area (Å²) in [5, 5.41) is 1.30. The van der Waals surface area contributed by atoms with Crippen LogP contribution in [0.25, 0.3) is 72.1 Å². The van der Waals surface area contributed by atoms with Crippen molar-refractivity contribution in [3.8, 4) is 73.3 Å². The maximum atomic E-state index is 9.81. The molecule has 360 valence electrons. The largest absolute Gasteiger partial charge is 0.457 e. The Balaban J connectivity index is 1.04. The molecule has 9 aromatic carbocycles. The third kappa shape index (κ3) is 8.13. The Labute approximate surface area is 440 Å². The first-order chi connectivity index (χ1) is 38.1. The van der Waals surface area contributed by atoms with Crippen LogP contribution in [0, 0.1) is 5.92 Å². The van der Waals surface area contributed by atoms with Crippen molar-refractivity contribution < 1.29 is 16.3 Å². The van der Waals surface area contributed by atoms with Crippen LogP contribution in [0.4, 0.5) is 22.7 Å². The fourth-order valence-electron chi connectivity index (χ4n) is 10.7. The zero-order chi connectivity index (χ0) is 54.5. The summed E-state index contributed by atoms with van der Waals surface area (Å²) in [4.78, 5) is 9.80. The van der Waals surface area contributed by atoms with E-state index < -0.39 is 6.37 Å². The van der Waals surface area contributed by atoms with Crippen molar-refractivity contribution in [3.05, 3.63) is 230 Å². The average molecular weight is 966 g/mol. The van der Waals surface area contributed by atoms with E-state index in [0.29, 0.717) is 68.6 Å². The van der Waals surface area contributed by atoms with Gasteiger partial charge in [-0.05, 0) is 148 Å². The zero-order valence-corrected chi connectivity index (χ0v) is 41.9. The molecule has 0 aliphatic carbocycles. The van der Waals surface area contributed by atoms with E-state index in [-0.39, 0.29) is 29.5 Å². The lowest BCUT2D eigenvalue weighted by Crippen LogP contribution is -2.25. The van der Waals surface area contributed by atoms with Crippen molar-refractivity contribution >= 4 is 44.6 Å². The number of aromatic nitrogens is 2. The number of rotatable bonds is 4. The molecule has 0 spiro atoms. The van der Waals surface area contributed by atoms with Crippen molar-refractivity contribution in [2.75, 3.05) is 16.5 Å². The second-order valence-electron chi connectivity index (χ2n) is 20.5. The minimum absolute atomic E-state index is 0.000337.